The number of ether oxygens (including phenoxy) is 3. The molecule has 0 N–H and O–H groups in total. The molecule has 0 saturated carbocycles. The predicted octanol–water partition coefficient (Wildman–Crippen LogP) is 12.2. The maximum atomic E-state index is 13.5. The molecule has 6 aromatic rings. The Morgan fingerprint density at radius 2 is 1.03 bits per heavy atom. The minimum absolute atomic E-state index is 0.0497. The number of hydrogen-bond acceptors (Lipinski definition) is 9. The number of halogens is 3. The van der Waals surface area contributed by atoms with E-state index in [4.69, 9.17) is 14.2 Å². The van der Waals surface area contributed by atoms with Crippen molar-refractivity contribution in [1.29, 1.82) is 0 Å². The molecule has 0 spiro atoms. The molecule has 2 atom stereocenters. The largest absolute Gasteiger partial charge is 0.494 e. The molecule has 0 amide bonds. The van der Waals surface area contributed by atoms with E-state index >= 15 is 0 Å². The number of nitrogens with zero attached hydrogens (tertiary/aromatic N) is 4. The Balaban J connectivity index is 0.000000241. The van der Waals surface area contributed by atoms with E-state index in [1.165, 1.54) is 43.4 Å². The zero-order valence-corrected chi connectivity index (χ0v) is 35.1. The van der Waals surface area contributed by atoms with E-state index in [1.54, 1.807) is 56.2 Å². The first-order chi connectivity index (χ1) is 29.4. The number of methoxy groups -OCH3 is 2. The van der Waals surface area contributed by atoms with Gasteiger partial charge in [0.15, 0.2) is 34.7 Å². The normalized spacial score (nSPS) is 12.1. The number of benzene rings is 4. The van der Waals surface area contributed by atoms with E-state index in [0.717, 1.165) is 36.3 Å². The highest BCUT2D eigenvalue weighted by Gasteiger charge is 2.44. The Hall–Kier alpha value is -6.43. The summed E-state index contributed by atoms with van der Waals surface area (Å²) in [5.41, 5.74) is 3.61. The van der Waals surface area contributed by atoms with Crippen molar-refractivity contribution in [2.24, 2.45) is 11.8 Å². The van der Waals surface area contributed by atoms with E-state index in [1.807, 2.05) is 43.3 Å². The minimum atomic E-state index is -4.60. The summed E-state index contributed by atoms with van der Waals surface area (Å²) < 4.78 is 56.5. The second-order valence-corrected chi connectivity index (χ2v) is 14.7. The van der Waals surface area contributed by atoms with Crippen LogP contribution in [0.25, 0.3) is 22.8 Å². The number of alkyl halides is 3. The summed E-state index contributed by atoms with van der Waals surface area (Å²) in [7, 11) is 3.12. The van der Waals surface area contributed by atoms with Crippen LogP contribution in [0.5, 0.6) is 23.0 Å². The molecule has 0 aliphatic rings. The Labute approximate surface area is 355 Å². The van der Waals surface area contributed by atoms with Gasteiger partial charge in [0.1, 0.15) is 17.4 Å². The molecule has 12 heteroatoms. The van der Waals surface area contributed by atoms with Gasteiger partial charge in [-0.25, -0.2) is 19.9 Å². The van der Waals surface area contributed by atoms with Crippen molar-refractivity contribution >= 4 is 11.6 Å². The van der Waals surface area contributed by atoms with Gasteiger partial charge in [0, 0.05) is 27.8 Å². The number of aromatic nitrogens is 4. The third-order valence-corrected chi connectivity index (χ3v) is 10.2. The Morgan fingerprint density at radius 3 is 1.48 bits per heavy atom. The van der Waals surface area contributed by atoms with Crippen molar-refractivity contribution in [3.63, 3.8) is 0 Å². The summed E-state index contributed by atoms with van der Waals surface area (Å²) in [6.07, 6.45) is 6.61. The fourth-order valence-electron chi connectivity index (χ4n) is 6.33. The van der Waals surface area contributed by atoms with Crippen molar-refractivity contribution < 1.29 is 37.0 Å². The van der Waals surface area contributed by atoms with Crippen LogP contribution in [0.3, 0.4) is 0 Å². The molecule has 6 rings (SSSR count). The van der Waals surface area contributed by atoms with Crippen LogP contribution in [0, 0.1) is 11.8 Å². The van der Waals surface area contributed by atoms with Gasteiger partial charge in [-0.15, -0.1) is 0 Å². The molecule has 0 bridgehead atoms. The lowest BCUT2D eigenvalue weighted by Crippen LogP contribution is -2.31. The van der Waals surface area contributed by atoms with Gasteiger partial charge in [-0.05, 0) is 60.7 Å². The third-order valence-electron chi connectivity index (χ3n) is 10.2. The molecule has 318 valence electrons. The van der Waals surface area contributed by atoms with Crippen molar-refractivity contribution in [3.8, 4) is 45.8 Å². The van der Waals surface area contributed by atoms with Crippen molar-refractivity contribution in [2.45, 2.75) is 71.9 Å². The van der Waals surface area contributed by atoms with E-state index in [2.05, 4.69) is 45.9 Å². The number of unbranched alkanes of at least 4 members (excludes halogenated alkanes) is 3. The van der Waals surface area contributed by atoms with Gasteiger partial charge in [-0.3, -0.25) is 9.59 Å². The van der Waals surface area contributed by atoms with Crippen LogP contribution in [-0.4, -0.2) is 51.9 Å². The molecule has 2 unspecified atom stereocenters. The topological polar surface area (TPSA) is 113 Å². The van der Waals surface area contributed by atoms with Crippen LogP contribution in [0.2, 0.25) is 0 Å². The summed E-state index contributed by atoms with van der Waals surface area (Å²) >= 11 is 0. The number of hydrogen-bond donors (Lipinski definition) is 0. The molecular weight excluding hydrogens is 782 g/mol. The van der Waals surface area contributed by atoms with Gasteiger partial charge in [-0.2, -0.15) is 13.2 Å². The van der Waals surface area contributed by atoms with Crippen LogP contribution in [0.4, 0.5) is 13.2 Å². The number of carbonyl (C=O) groups excluding carboxylic acids is 2. The van der Waals surface area contributed by atoms with Crippen molar-refractivity contribution in [1.82, 2.24) is 19.9 Å². The number of Topliss-reactive ketones (excluding diaryl/α,β-unsaturated/α-hetero) is 1. The molecular formula is C49H51F3N4O5. The summed E-state index contributed by atoms with van der Waals surface area (Å²) in [5.74, 6) is 1.33. The second-order valence-electron chi connectivity index (χ2n) is 14.7. The lowest BCUT2D eigenvalue weighted by atomic mass is 9.90. The molecule has 0 aliphatic carbocycles. The molecule has 0 radical (unpaired) electrons. The fraction of sp³-hybridized carbons (Fsp3) is 0.306. The highest BCUT2D eigenvalue weighted by atomic mass is 19.4. The monoisotopic (exact) mass is 832 g/mol. The Kier molecular flexibility index (Phi) is 16.7. The van der Waals surface area contributed by atoms with Gasteiger partial charge < -0.3 is 14.2 Å². The summed E-state index contributed by atoms with van der Waals surface area (Å²) in [4.78, 5) is 42.4. The molecule has 9 nitrogen and oxygen atoms in total. The molecule has 61 heavy (non-hydrogen) atoms. The summed E-state index contributed by atoms with van der Waals surface area (Å²) in [6, 6.07) is 28.1. The average Bonchev–Trinajstić information content (AvgIpc) is 3.29. The second kappa shape index (κ2) is 22.3. The van der Waals surface area contributed by atoms with Gasteiger partial charge in [-0.1, -0.05) is 114 Å². The summed E-state index contributed by atoms with van der Waals surface area (Å²) in [6.45, 7) is 6.47. The minimum Gasteiger partial charge on any atom is -0.494 e. The maximum Gasteiger partial charge on any atom is 0.398 e. The van der Waals surface area contributed by atoms with E-state index in [0.29, 0.717) is 53.0 Å². The Morgan fingerprint density at radius 1 is 0.590 bits per heavy atom. The Bertz CT molecular complexity index is 2270. The zero-order chi connectivity index (χ0) is 43.8. The molecule has 0 saturated heterocycles. The molecule has 0 aliphatic heterocycles. The standard InChI is InChI=1S/C27H27F3N2O3.C22H24N2O2/c1-3-4-5-6-7-23(27(28,29)30)25(34)20-10-8-18(9-11-20)24(33)19-12-14-21(15-13-19)26-31-16-22(35-2)17-32-26;1-4-16(2)13-17-5-9-19(10-6-17)26-20-11-7-18(8-12-20)22-23-14-21(25-3)15-24-22/h8-17,23H,3-7H2,1-2H3;5-12,14-16H,4,13H2,1-3H3. The summed E-state index contributed by atoms with van der Waals surface area (Å²) in [5, 5.41) is 0. The average molecular weight is 833 g/mol. The lowest BCUT2D eigenvalue weighted by molar-refractivity contribution is -0.162. The predicted molar refractivity (Wildman–Crippen MR) is 230 cm³/mol. The van der Waals surface area contributed by atoms with E-state index in [9.17, 15) is 22.8 Å². The van der Waals surface area contributed by atoms with E-state index in [-0.39, 0.29) is 23.3 Å². The highest BCUT2D eigenvalue weighted by Crippen LogP contribution is 2.34. The van der Waals surface area contributed by atoms with Gasteiger partial charge in [0.05, 0.1) is 39.0 Å². The van der Waals surface area contributed by atoms with Crippen LogP contribution in [0.1, 0.15) is 91.1 Å². The fourth-order valence-corrected chi connectivity index (χ4v) is 6.33. The van der Waals surface area contributed by atoms with Gasteiger partial charge in [0.2, 0.25) is 0 Å². The molecule has 2 heterocycles. The maximum absolute atomic E-state index is 13.5. The highest BCUT2D eigenvalue weighted by molar-refractivity contribution is 6.09. The lowest BCUT2D eigenvalue weighted by Gasteiger charge is -2.19. The first-order valence-corrected chi connectivity index (χ1v) is 20.4. The van der Waals surface area contributed by atoms with Crippen molar-refractivity contribution in [3.05, 3.63) is 144 Å². The smallest absolute Gasteiger partial charge is 0.398 e. The van der Waals surface area contributed by atoms with E-state index < -0.39 is 17.9 Å². The first-order valence-electron chi connectivity index (χ1n) is 20.4. The number of rotatable bonds is 18. The number of ketones is 2. The molecule has 2 aromatic heterocycles. The van der Waals surface area contributed by atoms with Gasteiger partial charge >= 0.3 is 6.18 Å². The van der Waals surface area contributed by atoms with Crippen LogP contribution in [0.15, 0.2) is 122 Å². The molecule has 4 aromatic carbocycles. The quantitative estimate of drug-likeness (QED) is 0.0617. The van der Waals surface area contributed by atoms with Crippen LogP contribution in [-0.2, 0) is 6.42 Å². The SMILES string of the molecule is CCC(C)Cc1ccc(Oc2ccc(-c3ncc(OC)cn3)cc2)cc1.CCCCCCC(C(=O)c1ccc(C(=O)c2ccc(-c3ncc(OC)cn3)cc2)cc1)C(F)(F)F. The zero-order valence-electron chi connectivity index (χ0n) is 35.1. The van der Waals surface area contributed by atoms with Crippen LogP contribution < -0.4 is 14.2 Å². The number of carbonyl (C=O) groups is 2. The third kappa shape index (κ3) is 13.3. The van der Waals surface area contributed by atoms with Gasteiger partial charge in [0.25, 0.3) is 0 Å². The van der Waals surface area contributed by atoms with Crippen molar-refractivity contribution in [2.75, 3.05) is 14.2 Å². The molecule has 0 fully saturated rings. The van der Waals surface area contributed by atoms with Crippen LogP contribution >= 0.6 is 0 Å². The first kappa shape index (κ1) is 45.7.